The molecule has 0 saturated carbocycles. The van der Waals surface area contributed by atoms with Crippen LogP contribution in [0.2, 0.25) is 0 Å². The quantitative estimate of drug-likeness (QED) is 0.811. The Balaban J connectivity index is 2.00. The number of ether oxygens (including phenoxy) is 1. The highest BCUT2D eigenvalue weighted by Crippen LogP contribution is 2.25. The number of nitrogens with one attached hydrogen (secondary N) is 1. The summed E-state index contributed by atoms with van der Waals surface area (Å²) in [5, 5.41) is 13.8. The van der Waals surface area contributed by atoms with Gasteiger partial charge in [-0.25, -0.2) is 4.98 Å². The Kier molecular flexibility index (Phi) is 5.70. The number of hydrogen-bond donors (Lipinski definition) is 2. The number of hydrogen-bond acceptors (Lipinski definition) is 5. The molecular weight excluding hydrogens is 316 g/mol. The fourth-order valence-corrected chi connectivity index (χ4v) is 2.73. The highest BCUT2D eigenvalue weighted by atomic mass is 32.1. The lowest BCUT2D eigenvalue weighted by Gasteiger charge is -2.07. The van der Waals surface area contributed by atoms with Gasteiger partial charge in [-0.05, 0) is 38.1 Å². The van der Waals surface area contributed by atoms with E-state index in [9.17, 15) is 9.59 Å². The standard InChI is InChI=1S/C16H18N2O4S/c1-3-22-13-6-4-11(5-7-13)15-18-12(9-23-15)8-14(19)17-10(2)16(20)21/h4-7,9-10H,3,8H2,1-2H3,(H,17,19)(H,20,21)/t10-/m1/s1. The Morgan fingerprint density at radius 2 is 2.04 bits per heavy atom. The summed E-state index contributed by atoms with van der Waals surface area (Å²) >= 11 is 1.44. The summed E-state index contributed by atoms with van der Waals surface area (Å²) < 4.78 is 5.39. The fourth-order valence-electron chi connectivity index (χ4n) is 1.90. The molecule has 7 heteroatoms. The van der Waals surface area contributed by atoms with Crippen molar-refractivity contribution in [3.63, 3.8) is 0 Å². The number of carbonyl (C=O) groups is 2. The van der Waals surface area contributed by atoms with Crippen LogP contribution in [-0.2, 0) is 16.0 Å². The molecule has 1 aromatic heterocycles. The average molecular weight is 334 g/mol. The maximum atomic E-state index is 11.8. The topological polar surface area (TPSA) is 88.5 Å². The van der Waals surface area contributed by atoms with Crippen LogP contribution in [0.25, 0.3) is 10.6 Å². The predicted octanol–water partition coefficient (Wildman–Crippen LogP) is 2.34. The third kappa shape index (κ3) is 4.79. The van der Waals surface area contributed by atoms with Gasteiger partial charge >= 0.3 is 5.97 Å². The van der Waals surface area contributed by atoms with Crippen molar-refractivity contribution in [2.45, 2.75) is 26.3 Å². The lowest BCUT2D eigenvalue weighted by Crippen LogP contribution is -2.39. The van der Waals surface area contributed by atoms with Crippen LogP contribution in [0.4, 0.5) is 0 Å². The van der Waals surface area contributed by atoms with Gasteiger partial charge < -0.3 is 15.2 Å². The van der Waals surface area contributed by atoms with Crippen molar-refractivity contribution >= 4 is 23.2 Å². The van der Waals surface area contributed by atoms with Gasteiger partial charge in [0, 0.05) is 10.9 Å². The van der Waals surface area contributed by atoms with E-state index in [1.165, 1.54) is 18.3 Å². The van der Waals surface area contributed by atoms with E-state index in [1.54, 1.807) is 5.38 Å². The number of aliphatic carboxylic acids is 1. The zero-order valence-electron chi connectivity index (χ0n) is 12.9. The van der Waals surface area contributed by atoms with Crippen LogP contribution in [-0.4, -0.2) is 34.6 Å². The molecule has 1 aromatic carbocycles. The molecule has 23 heavy (non-hydrogen) atoms. The molecule has 0 fully saturated rings. The van der Waals surface area contributed by atoms with E-state index in [0.717, 1.165) is 16.3 Å². The minimum absolute atomic E-state index is 0.0607. The Morgan fingerprint density at radius 1 is 1.35 bits per heavy atom. The van der Waals surface area contributed by atoms with Crippen LogP contribution >= 0.6 is 11.3 Å². The van der Waals surface area contributed by atoms with Crippen molar-refractivity contribution in [1.29, 1.82) is 0 Å². The Hall–Kier alpha value is -2.41. The van der Waals surface area contributed by atoms with Crippen molar-refractivity contribution in [3.8, 4) is 16.3 Å². The Bertz CT molecular complexity index is 682. The minimum Gasteiger partial charge on any atom is -0.494 e. The molecule has 1 atom stereocenters. The van der Waals surface area contributed by atoms with Crippen LogP contribution in [0, 0.1) is 0 Å². The number of benzene rings is 1. The SMILES string of the molecule is CCOc1ccc(-c2nc(CC(=O)N[C@H](C)C(=O)O)cs2)cc1. The highest BCUT2D eigenvalue weighted by Gasteiger charge is 2.15. The number of thiazole rings is 1. The smallest absolute Gasteiger partial charge is 0.325 e. The van der Waals surface area contributed by atoms with Gasteiger partial charge in [-0.1, -0.05) is 0 Å². The normalized spacial score (nSPS) is 11.7. The van der Waals surface area contributed by atoms with E-state index in [4.69, 9.17) is 9.84 Å². The first-order chi connectivity index (χ1) is 11.0. The average Bonchev–Trinajstić information content (AvgIpc) is 2.96. The summed E-state index contributed by atoms with van der Waals surface area (Å²) in [4.78, 5) is 26.9. The van der Waals surface area contributed by atoms with E-state index >= 15 is 0 Å². The molecule has 0 radical (unpaired) electrons. The first kappa shape index (κ1) is 17.0. The maximum Gasteiger partial charge on any atom is 0.325 e. The van der Waals surface area contributed by atoms with Gasteiger partial charge in [-0.2, -0.15) is 0 Å². The number of carboxylic acids is 1. The monoisotopic (exact) mass is 334 g/mol. The van der Waals surface area contributed by atoms with E-state index in [1.807, 2.05) is 31.2 Å². The molecule has 1 heterocycles. The molecule has 0 unspecified atom stereocenters. The number of carboxylic acid groups (broad SMARTS) is 1. The summed E-state index contributed by atoms with van der Waals surface area (Å²) in [6.45, 7) is 3.97. The first-order valence-electron chi connectivity index (χ1n) is 7.19. The van der Waals surface area contributed by atoms with Gasteiger partial charge in [-0.3, -0.25) is 9.59 Å². The molecule has 0 bridgehead atoms. The fraction of sp³-hybridized carbons (Fsp3) is 0.312. The van der Waals surface area contributed by atoms with Crippen LogP contribution in [0.5, 0.6) is 5.75 Å². The Morgan fingerprint density at radius 3 is 2.65 bits per heavy atom. The molecule has 0 aliphatic heterocycles. The molecule has 122 valence electrons. The molecule has 1 amide bonds. The largest absolute Gasteiger partial charge is 0.494 e. The number of nitrogens with zero attached hydrogens (tertiary/aromatic N) is 1. The molecule has 2 aromatic rings. The molecular formula is C16H18N2O4S. The molecule has 0 aliphatic rings. The lowest BCUT2D eigenvalue weighted by atomic mass is 10.2. The van der Waals surface area contributed by atoms with Crippen LogP contribution in [0.1, 0.15) is 19.5 Å². The molecule has 2 rings (SSSR count). The summed E-state index contributed by atoms with van der Waals surface area (Å²) in [6.07, 6.45) is 0.0607. The second-order valence-corrected chi connectivity index (χ2v) is 5.76. The van der Waals surface area contributed by atoms with Gasteiger partial charge in [0.2, 0.25) is 5.91 Å². The van der Waals surface area contributed by atoms with E-state index in [0.29, 0.717) is 12.3 Å². The van der Waals surface area contributed by atoms with Gasteiger partial charge in [-0.15, -0.1) is 11.3 Å². The molecule has 6 nitrogen and oxygen atoms in total. The summed E-state index contributed by atoms with van der Waals surface area (Å²) in [6, 6.07) is 6.68. The molecule has 2 N–H and O–H groups in total. The van der Waals surface area contributed by atoms with Gasteiger partial charge in [0.15, 0.2) is 0 Å². The zero-order chi connectivity index (χ0) is 16.8. The number of carbonyl (C=O) groups excluding carboxylic acids is 1. The van der Waals surface area contributed by atoms with Crippen molar-refractivity contribution in [2.24, 2.45) is 0 Å². The zero-order valence-corrected chi connectivity index (χ0v) is 13.7. The number of rotatable bonds is 7. The van der Waals surface area contributed by atoms with Crippen molar-refractivity contribution in [3.05, 3.63) is 35.3 Å². The third-order valence-electron chi connectivity index (χ3n) is 3.05. The van der Waals surface area contributed by atoms with Gasteiger partial charge in [0.1, 0.15) is 16.8 Å². The second-order valence-electron chi connectivity index (χ2n) is 4.91. The van der Waals surface area contributed by atoms with Crippen molar-refractivity contribution in [1.82, 2.24) is 10.3 Å². The molecule has 0 spiro atoms. The minimum atomic E-state index is -1.06. The van der Waals surface area contributed by atoms with Crippen LogP contribution < -0.4 is 10.1 Å². The second kappa shape index (κ2) is 7.73. The number of amides is 1. The van der Waals surface area contributed by atoms with Gasteiger partial charge in [0.05, 0.1) is 18.7 Å². The summed E-state index contributed by atoms with van der Waals surface area (Å²) in [5.41, 5.74) is 1.57. The van der Waals surface area contributed by atoms with Crippen molar-refractivity contribution < 1.29 is 19.4 Å². The first-order valence-corrected chi connectivity index (χ1v) is 8.07. The molecule has 0 aliphatic carbocycles. The summed E-state index contributed by atoms with van der Waals surface area (Å²) in [5.74, 6) is -0.620. The van der Waals surface area contributed by atoms with Crippen molar-refractivity contribution in [2.75, 3.05) is 6.61 Å². The van der Waals surface area contributed by atoms with E-state index in [-0.39, 0.29) is 12.3 Å². The Labute approximate surface area is 138 Å². The molecule has 0 saturated heterocycles. The van der Waals surface area contributed by atoms with Crippen LogP contribution in [0.15, 0.2) is 29.6 Å². The van der Waals surface area contributed by atoms with Gasteiger partial charge in [0.25, 0.3) is 0 Å². The summed E-state index contributed by atoms with van der Waals surface area (Å²) in [7, 11) is 0. The van der Waals surface area contributed by atoms with Crippen LogP contribution in [0.3, 0.4) is 0 Å². The van der Waals surface area contributed by atoms with E-state index in [2.05, 4.69) is 10.3 Å². The maximum absolute atomic E-state index is 11.8. The predicted molar refractivity (Wildman–Crippen MR) is 87.7 cm³/mol. The van der Waals surface area contributed by atoms with E-state index < -0.39 is 12.0 Å². The third-order valence-corrected chi connectivity index (χ3v) is 3.99. The lowest BCUT2D eigenvalue weighted by molar-refractivity contribution is -0.141. The highest BCUT2D eigenvalue weighted by molar-refractivity contribution is 7.13. The number of aromatic nitrogens is 1.